The van der Waals surface area contributed by atoms with Crippen molar-refractivity contribution < 1.29 is 48.9 Å². The minimum absolute atomic E-state index is 0.0377. The Morgan fingerprint density at radius 3 is 2.43 bits per heavy atom. The number of hydrogen-bond acceptors (Lipinski definition) is 15. The van der Waals surface area contributed by atoms with Gasteiger partial charge in [0.25, 0.3) is 0 Å². The third kappa shape index (κ3) is 11.0. The minimum Gasteiger partial charge on any atom is -0.394 e. The van der Waals surface area contributed by atoms with Crippen molar-refractivity contribution in [2.75, 3.05) is 39.9 Å². The van der Waals surface area contributed by atoms with E-state index in [1.54, 1.807) is 0 Å². The Morgan fingerprint density at radius 2 is 1.80 bits per heavy atom. The van der Waals surface area contributed by atoms with Crippen LogP contribution in [0.25, 0.3) is 0 Å². The first-order valence-electron chi connectivity index (χ1n) is 15.8. The topological polar surface area (TPSA) is 272 Å². The molecule has 0 bridgehead atoms. The number of aliphatic hydroxyl groups is 4. The molecule has 3 heterocycles. The summed E-state index contributed by atoms with van der Waals surface area (Å²) in [5, 5.41) is 45.8. The molecule has 44 heavy (non-hydrogen) atoms. The Morgan fingerprint density at radius 1 is 1.02 bits per heavy atom. The number of nitrogens with one attached hydrogen (secondary N) is 2. The van der Waals surface area contributed by atoms with Crippen molar-refractivity contribution >= 4 is 5.91 Å². The van der Waals surface area contributed by atoms with Gasteiger partial charge in [0.2, 0.25) is 5.91 Å². The van der Waals surface area contributed by atoms with Gasteiger partial charge < -0.3 is 77.7 Å². The molecule has 1 saturated carbocycles. The SMILES string of the molecule is CNCC1CCCCO1.NCCC(O)C(=O)NC1CC(N)CC(OC2C[C@H](O[C@H]3O[C@@H](CN)[C@@H](O)C(O)[C@H]3N)C(CO)O2)C1. The van der Waals surface area contributed by atoms with Crippen LogP contribution in [0, 0.1) is 0 Å². The van der Waals surface area contributed by atoms with Crippen LogP contribution in [0.5, 0.6) is 0 Å². The van der Waals surface area contributed by atoms with Gasteiger partial charge in [-0.15, -0.1) is 0 Å². The number of aliphatic hydroxyl groups excluding tert-OH is 4. The highest BCUT2D eigenvalue weighted by Gasteiger charge is 2.46. The summed E-state index contributed by atoms with van der Waals surface area (Å²) in [4.78, 5) is 12.2. The minimum atomic E-state index is -1.29. The zero-order chi connectivity index (χ0) is 32.2. The summed E-state index contributed by atoms with van der Waals surface area (Å²) in [6.07, 6.45) is -1.73. The molecule has 3 saturated heterocycles. The van der Waals surface area contributed by atoms with Crippen molar-refractivity contribution in [2.24, 2.45) is 22.9 Å². The van der Waals surface area contributed by atoms with E-state index in [0.717, 1.165) is 13.2 Å². The van der Waals surface area contributed by atoms with Gasteiger partial charge in [0.1, 0.15) is 30.5 Å². The Bertz CT molecular complexity index is 825. The summed E-state index contributed by atoms with van der Waals surface area (Å²) in [5.74, 6) is -0.494. The average molecular weight is 637 g/mol. The number of nitrogens with two attached hydrogens (primary N) is 4. The van der Waals surface area contributed by atoms with Crippen molar-refractivity contribution in [1.82, 2.24) is 10.6 Å². The molecule has 8 unspecified atom stereocenters. The van der Waals surface area contributed by atoms with Crippen LogP contribution < -0.4 is 33.6 Å². The van der Waals surface area contributed by atoms with E-state index in [4.69, 9.17) is 46.6 Å². The van der Waals surface area contributed by atoms with Crippen LogP contribution in [0.15, 0.2) is 0 Å². The molecule has 0 radical (unpaired) electrons. The third-order valence-electron chi connectivity index (χ3n) is 8.48. The van der Waals surface area contributed by atoms with Crippen LogP contribution >= 0.6 is 0 Å². The molecule has 16 heteroatoms. The zero-order valence-electron chi connectivity index (χ0n) is 25.7. The lowest BCUT2D eigenvalue weighted by atomic mass is 9.89. The number of likely N-dealkylation sites (N-methyl/N-ethyl adjacent to an activating group) is 1. The largest absolute Gasteiger partial charge is 0.394 e. The van der Waals surface area contributed by atoms with Crippen LogP contribution in [0.1, 0.15) is 51.4 Å². The molecule has 16 nitrogen and oxygen atoms in total. The third-order valence-corrected chi connectivity index (χ3v) is 8.48. The lowest BCUT2D eigenvalue weighted by Crippen LogP contribution is -2.63. The maximum absolute atomic E-state index is 12.2. The zero-order valence-corrected chi connectivity index (χ0v) is 25.7. The highest BCUT2D eigenvalue weighted by molar-refractivity contribution is 5.80. The Hall–Kier alpha value is -1.09. The number of carbonyl (C=O) groups excluding carboxylic acids is 1. The molecule has 0 aromatic carbocycles. The fraction of sp³-hybridized carbons (Fsp3) is 0.964. The fourth-order valence-electron chi connectivity index (χ4n) is 6.05. The van der Waals surface area contributed by atoms with Crippen LogP contribution in [0.3, 0.4) is 0 Å². The highest BCUT2D eigenvalue weighted by Crippen LogP contribution is 2.31. The standard InChI is InChI=1S/C21H41N5O9.C7H15NO/c22-2-1-12(28)20(31)26-10-3-9(24)4-11(5-10)32-16-6-13(15(8-27)33-16)34-21-17(25)19(30)18(29)14(7-23)35-21;1-8-6-7-4-2-3-5-9-7/h9-19,21,27-30H,1-8,22-25H2,(H,26,31);7-8H,2-6H2,1H3/t9?,10?,11?,12?,13-,14-,15?,16?,17+,18+,19?,21-;/m0./s1. The molecule has 0 spiro atoms. The lowest BCUT2D eigenvalue weighted by Gasteiger charge is -2.41. The second kappa shape index (κ2) is 18.9. The van der Waals surface area contributed by atoms with Crippen LogP contribution in [0.4, 0.5) is 0 Å². The van der Waals surface area contributed by atoms with Gasteiger partial charge in [-0.2, -0.15) is 0 Å². The van der Waals surface area contributed by atoms with Gasteiger partial charge in [-0.3, -0.25) is 4.79 Å². The molecule has 13 atom stereocenters. The van der Waals surface area contributed by atoms with Crippen molar-refractivity contribution in [1.29, 1.82) is 0 Å². The molecule has 4 rings (SSSR count). The summed E-state index contributed by atoms with van der Waals surface area (Å²) in [6.45, 7) is 1.79. The first-order valence-corrected chi connectivity index (χ1v) is 15.8. The van der Waals surface area contributed by atoms with E-state index < -0.39 is 61.2 Å². The monoisotopic (exact) mass is 636 g/mol. The first-order chi connectivity index (χ1) is 21.1. The number of hydrogen-bond donors (Lipinski definition) is 10. The van der Waals surface area contributed by atoms with E-state index in [0.29, 0.717) is 25.4 Å². The molecule has 14 N–H and O–H groups in total. The molecule has 4 fully saturated rings. The molecule has 1 amide bonds. The molecule has 258 valence electrons. The number of carbonyl (C=O) groups is 1. The van der Waals surface area contributed by atoms with Gasteiger partial charge in [-0.1, -0.05) is 0 Å². The lowest BCUT2D eigenvalue weighted by molar-refractivity contribution is -0.274. The molecule has 1 aliphatic carbocycles. The van der Waals surface area contributed by atoms with Crippen LogP contribution in [-0.2, 0) is 28.5 Å². The average Bonchev–Trinajstić information content (AvgIpc) is 3.39. The second-order valence-electron chi connectivity index (χ2n) is 12.1. The van der Waals surface area contributed by atoms with E-state index in [1.165, 1.54) is 19.3 Å². The summed E-state index contributed by atoms with van der Waals surface area (Å²) in [7, 11) is 1.97. The second-order valence-corrected chi connectivity index (χ2v) is 12.1. The van der Waals surface area contributed by atoms with E-state index in [9.17, 15) is 25.2 Å². The molecule has 4 aliphatic rings. The van der Waals surface area contributed by atoms with Crippen LogP contribution in [-0.4, -0.2) is 146 Å². The maximum Gasteiger partial charge on any atom is 0.249 e. The highest BCUT2D eigenvalue weighted by atomic mass is 16.7. The van der Waals surface area contributed by atoms with Gasteiger partial charge in [-0.25, -0.2) is 0 Å². The van der Waals surface area contributed by atoms with Gasteiger partial charge in [0.05, 0.1) is 31.0 Å². The summed E-state index contributed by atoms with van der Waals surface area (Å²) >= 11 is 0. The summed E-state index contributed by atoms with van der Waals surface area (Å²) in [5.41, 5.74) is 23.1. The summed E-state index contributed by atoms with van der Waals surface area (Å²) in [6, 6.07) is -1.52. The van der Waals surface area contributed by atoms with Crippen molar-refractivity contribution in [3.8, 4) is 0 Å². The van der Waals surface area contributed by atoms with Crippen molar-refractivity contribution in [3.63, 3.8) is 0 Å². The normalized spacial score (nSPS) is 40.1. The van der Waals surface area contributed by atoms with Crippen LogP contribution in [0.2, 0.25) is 0 Å². The van der Waals surface area contributed by atoms with Gasteiger partial charge in [-0.05, 0) is 58.5 Å². The van der Waals surface area contributed by atoms with E-state index >= 15 is 0 Å². The predicted octanol–water partition coefficient (Wildman–Crippen LogP) is -3.92. The predicted molar refractivity (Wildman–Crippen MR) is 159 cm³/mol. The fourth-order valence-corrected chi connectivity index (χ4v) is 6.05. The van der Waals surface area contributed by atoms with Crippen molar-refractivity contribution in [3.05, 3.63) is 0 Å². The Kier molecular flexibility index (Phi) is 16.1. The molecular formula is C28H56N6O10. The summed E-state index contributed by atoms with van der Waals surface area (Å²) < 4.78 is 28.9. The molecule has 0 aromatic heterocycles. The van der Waals surface area contributed by atoms with E-state index in [-0.39, 0.29) is 50.7 Å². The van der Waals surface area contributed by atoms with Crippen molar-refractivity contribution in [2.45, 2.75) is 131 Å². The van der Waals surface area contributed by atoms with E-state index in [2.05, 4.69) is 10.6 Å². The maximum atomic E-state index is 12.2. The molecule has 3 aliphatic heterocycles. The number of rotatable bonds is 12. The molecular weight excluding hydrogens is 580 g/mol. The quantitative estimate of drug-likeness (QED) is 0.0980. The Labute approximate surface area is 259 Å². The molecule has 0 aromatic rings. The van der Waals surface area contributed by atoms with Gasteiger partial charge in [0, 0.05) is 38.2 Å². The Balaban J connectivity index is 0.000000502. The van der Waals surface area contributed by atoms with Gasteiger partial charge >= 0.3 is 0 Å². The smallest absolute Gasteiger partial charge is 0.249 e. The number of amides is 1. The van der Waals surface area contributed by atoms with Gasteiger partial charge in [0.15, 0.2) is 12.6 Å². The number of ether oxygens (including phenoxy) is 5. The first kappa shape index (κ1) is 37.4. The van der Waals surface area contributed by atoms with E-state index in [1.807, 2.05) is 7.05 Å².